The van der Waals surface area contributed by atoms with Gasteiger partial charge in [-0.25, -0.2) is 0 Å². The van der Waals surface area contributed by atoms with Crippen molar-refractivity contribution in [2.45, 2.75) is 0 Å². The van der Waals surface area contributed by atoms with Crippen molar-refractivity contribution in [3.05, 3.63) is 35.2 Å². The summed E-state index contributed by atoms with van der Waals surface area (Å²) in [4.78, 5) is 11.7. The van der Waals surface area contributed by atoms with E-state index < -0.39 is 0 Å². The highest BCUT2D eigenvalue weighted by atomic mass is 35.5. The molecule has 0 spiro atoms. The van der Waals surface area contributed by atoms with Crippen LogP contribution in [0, 0.1) is 0 Å². The summed E-state index contributed by atoms with van der Waals surface area (Å²) in [7, 11) is 1.86. The first-order valence-electron chi connectivity index (χ1n) is 5.21. The summed E-state index contributed by atoms with van der Waals surface area (Å²) in [5.41, 5.74) is 0.724. The molecule has 0 unspecified atom stereocenters. The molecule has 0 atom stereocenters. The van der Waals surface area contributed by atoms with Gasteiger partial charge in [-0.2, -0.15) is 0 Å². The maximum absolute atomic E-state index is 11.7. The number of benzene rings is 1. The Kier molecular flexibility index (Phi) is 5.41. The highest BCUT2D eigenvalue weighted by molar-refractivity contribution is 7.17. The summed E-state index contributed by atoms with van der Waals surface area (Å²) in [5, 5.41) is 9.01. The van der Waals surface area contributed by atoms with E-state index in [2.05, 4.69) is 10.6 Å². The summed E-state index contributed by atoms with van der Waals surface area (Å²) < 4.78 is 1.21. The fourth-order valence-electron chi connectivity index (χ4n) is 1.51. The molecule has 0 saturated carbocycles. The Morgan fingerprint density at radius 2 is 2.12 bits per heavy atom. The molecule has 0 aliphatic heterocycles. The van der Waals surface area contributed by atoms with E-state index in [-0.39, 0.29) is 18.3 Å². The molecule has 1 aromatic heterocycles. The van der Waals surface area contributed by atoms with Gasteiger partial charge in [0.2, 0.25) is 0 Å². The molecule has 5 heteroatoms. The van der Waals surface area contributed by atoms with Crippen molar-refractivity contribution >= 4 is 39.7 Å². The molecule has 2 N–H and O–H groups in total. The van der Waals surface area contributed by atoms with Crippen molar-refractivity contribution in [3.63, 3.8) is 0 Å². The smallest absolute Gasteiger partial charge is 0.251 e. The van der Waals surface area contributed by atoms with E-state index in [4.69, 9.17) is 0 Å². The minimum atomic E-state index is -0.0108. The molecule has 0 aliphatic carbocycles. The second-order valence-electron chi connectivity index (χ2n) is 3.53. The van der Waals surface area contributed by atoms with Gasteiger partial charge in [-0.3, -0.25) is 4.79 Å². The molecular weight excluding hydrogens is 256 g/mol. The van der Waals surface area contributed by atoms with E-state index in [1.165, 1.54) is 4.70 Å². The Balaban J connectivity index is 0.00000144. The molecule has 0 fully saturated rings. The monoisotopic (exact) mass is 270 g/mol. The Morgan fingerprint density at radius 1 is 1.29 bits per heavy atom. The van der Waals surface area contributed by atoms with Crippen LogP contribution in [0.5, 0.6) is 0 Å². The van der Waals surface area contributed by atoms with Gasteiger partial charge in [0.15, 0.2) is 0 Å². The number of rotatable bonds is 4. The SMILES string of the molecule is CNCCNC(=O)c1ccc2sccc2c1.Cl. The highest BCUT2D eigenvalue weighted by Crippen LogP contribution is 2.21. The van der Waals surface area contributed by atoms with Crippen LogP contribution in [0.15, 0.2) is 29.6 Å². The number of likely N-dealkylation sites (N-methyl/N-ethyl adjacent to an activating group) is 1. The number of hydrogen-bond acceptors (Lipinski definition) is 3. The zero-order valence-corrected chi connectivity index (χ0v) is 11.2. The van der Waals surface area contributed by atoms with Crippen LogP contribution < -0.4 is 10.6 Å². The molecule has 92 valence electrons. The Labute approximate surface area is 111 Å². The third-order valence-corrected chi connectivity index (χ3v) is 3.27. The minimum Gasteiger partial charge on any atom is -0.351 e. The molecule has 2 aromatic rings. The standard InChI is InChI=1S/C12H14N2OS.ClH/c1-13-5-6-14-12(15)10-2-3-11-9(8-10)4-7-16-11;/h2-4,7-8,13H,5-6H2,1H3,(H,14,15);1H. The number of nitrogens with one attached hydrogen (secondary N) is 2. The van der Waals surface area contributed by atoms with Gasteiger partial charge in [0.25, 0.3) is 5.91 Å². The summed E-state index contributed by atoms with van der Waals surface area (Å²) in [6, 6.07) is 7.82. The van der Waals surface area contributed by atoms with Gasteiger partial charge in [-0.1, -0.05) is 0 Å². The van der Waals surface area contributed by atoms with Crippen LogP contribution in [0.1, 0.15) is 10.4 Å². The normalized spacial score (nSPS) is 9.94. The van der Waals surface area contributed by atoms with Gasteiger partial charge < -0.3 is 10.6 Å². The lowest BCUT2D eigenvalue weighted by Gasteiger charge is -2.04. The number of hydrogen-bond donors (Lipinski definition) is 2. The minimum absolute atomic E-state index is 0. The van der Waals surface area contributed by atoms with E-state index in [0.717, 1.165) is 17.5 Å². The lowest BCUT2D eigenvalue weighted by molar-refractivity contribution is 0.0954. The van der Waals surface area contributed by atoms with Crippen molar-refractivity contribution in [1.29, 1.82) is 0 Å². The quantitative estimate of drug-likeness (QED) is 0.837. The van der Waals surface area contributed by atoms with E-state index in [0.29, 0.717) is 6.54 Å². The first kappa shape index (κ1) is 14.0. The fourth-order valence-corrected chi connectivity index (χ4v) is 2.28. The molecule has 2 rings (SSSR count). The molecule has 0 bridgehead atoms. The van der Waals surface area contributed by atoms with Crippen molar-refractivity contribution in [3.8, 4) is 0 Å². The summed E-state index contributed by atoms with van der Waals surface area (Å²) >= 11 is 1.69. The number of halogens is 1. The summed E-state index contributed by atoms with van der Waals surface area (Å²) in [5.74, 6) is -0.0108. The lowest BCUT2D eigenvalue weighted by atomic mass is 10.1. The maximum atomic E-state index is 11.7. The second-order valence-corrected chi connectivity index (χ2v) is 4.48. The number of amides is 1. The average molecular weight is 271 g/mol. The number of thiophene rings is 1. The van der Waals surface area contributed by atoms with Gasteiger partial charge in [0, 0.05) is 23.4 Å². The van der Waals surface area contributed by atoms with Crippen molar-refractivity contribution in [2.24, 2.45) is 0 Å². The third kappa shape index (κ3) is 3.43. The molecule has 1 heterocycles. The first-order chi connectivity index (χ1) is 7.81. The summed E-state index contributed by atoms with van der Waals surface area (Å²) in [6.45, 7) is 1.43. The lowest BCUT2D eigenvalue weighted by Crippen LogP contribution is -2.30. The number of carbonyl (C=O) groups excluding carboxylic acids is 1. The van der Waals surface area contributed by atoms with Gasteiger partial charge in [-0.15, -0.1) is 23.7 Å². The van der Waals surface area contributed by atoms with Gasteiger partial charge in [0.05, 0.1) is 0 Å². The number of fused-ring (bicyclic) bond motifs is 1. The molecular formula is C12H15ClN2OS. The van der Waals surface area contributed by atoms with E-state index in [1.807, 2.05) is 36.7 Å². The van der Waals surface area contributed by atoms with Gasteiger partial charge in [0.1, 0.15) is 0 Å². The summed E-state index contributed by atoms with van der Waals surface area (Å²) in [6.07, 6.45) is 0. The molecule has 17 heavy (non-hydrogen) atoms. The van der Waals surface area contributed by atoms with Crippen LogP contribution in [0.2, 0.25) is 0 Å². The fraction of sp³-hybridized carbons (Fsp3) is 0.250. The third-order valence-electron chi connectivity index (χ3n) is 2.38. The van der Waals surface area contributed by atoms with E-state index in [1.54, 1.807) is 11.3 Å². The van der Waals surface area contributed by atoms with Crippen LogP contribution in [0.4, 0.5) is 0 Å². The van der Waals surface area contributed by atoms with Crippen LogP contribution in [0.3, 0.4) is 0 Å². The van der Waals surface area contributed by atoms with Crippen LogP contribution >= 0.6 is 23.7 Å². The molecule has 1 amide bonds. The van der Waals surface area contributed by atoms with Crippen LogP contribution in [-0.2, 0) is 0 Å². The van der Waals surface area contributed by atoms with Crippen molar-refractivity contribution < 1.29 is 4.79 Å². The predicted molar refractivity (Wildman–Crippen MR) is 75.3 cm³/mol. The van der Waals surface area contributed by atoms with Crippen molar-refractivity contribution in [2.75, 3.05) is 20.1 Å². The Morgan fingerprint density at radius 3 is 2.88 bits per heavy atom. The largest absolute Gasteiger partial charge is 0.351 e. The van der Waals surface area contributed by atoms with Crippen LogP contribution in [0.25, 0.3) is 10.1 Å². The van der Waals surface area contributed by atoms with Gasteiger partial charge >= 0.3 is 0 Å². The molecule has 0 saturated heterocycles. The Bertz CT molecular complexity index is 498. The van der Waals surface area contributed by atoms with Gasteiger partial charge in [-0.05, 0) is 42.1 Å². The van der Waals surface area contributed by atoms with Crippen molar-refractivity contribution in [1.82, 2.24) is 10.6 Å². The van der Waals surface area contributed by atoms with Crippen LogP contribution in [-0.4, -0.2) is 26.0 Å². The maximum Gasteiger partial charge on any atom is 0.251 e. The second kappa shape index (κ2) is 6.59. The molecule has 0 aliphatic rings. The molecule has 1 aromatic carbocycles. The topological polar surface area (TPSA) is 41.1 Å². The predicted octanol–water partition coefficient (Wildman–Crippen LogP) is 2.27. The molecule has 3 nitrogen and oxygen atoms in total. The zero-order valence-electron chi connectivity index (χ0n) is 9.53. The Hall–Kier alpha value is -1.10. The number of carbonyl (C=O) groups is 1. The first-order valence-corrected chi connectivity index (χ1v) is 6.09. The van der Waals surface area contributed by atoms with E-state index >= 15 is 0 Å². The zero-order chi connectivity index (χ0) is 11.4. The average Bonchev–Trinajstić information content (AvgIpc) is 2.76. The van der Waals surface area contributed by atoms with E-state index in [9.17, 15) is 4.79 Å². The highest BCUT2D eigenvalue weighted by Gasteiger charge is 2.05. The molecule has 0 radical (unpaired) electrons.